The van der Waals surface area contributed by atoms with E-state index in [-0.39, 0.29) is 29.5 Å². The Balaban J connectivity index is 0.00000481. The quantitative estimate of drug-likeness (QED) is 0.172. The van der Waals surface area contributed by atoms with Gasteiger partial charge in [-0.25, -0.2) is 18.1 Å². The lowest BCUT2D eigenvalue weighted by Gasteiger charge is -2.20. The molecule has 0 spiro atoms. The topological polar surface area (TPSA) is 340 Å². The maximum Gasteiger partial charge on any atom is 0.490 e. The van der Waals surface area contributed by atoms with E-state index in [1.54, 1.807) is 14.1 Å². The van der Waals surface area contributed by atoms with Gasteiger partial charge < -0.3 is 57.9 Å². The minimum absolute atomic E-state index is 0. The smallest absolute Gasteiger partial charge is 0.387 e. The van der Waals surface area contributed by atoms with Crippen LogP contribution in [0.25, 0.3) is 10.8 Å². The molecule has 1 aliphatic heterocycles. The van der Waals surface area contributed by atoms with Crippen LogP contribution in [0.2, 0.25) is 0 Å². The zero-order valence-corrected chi connectivity index (χ0v) is 23.2. The summed E-state index contributed by atoms with van der Waals surface area (Å²) in [7, 11) is -13.7. The number of hydrogen-bond donors (Lipinski definition) is 9. The van der Waals surface area contributed by atoms with Gasteiger partial charge in [-0.05, 0) is 23.6 Å². The van der Waals surface area contributed by atoms with Crippen molar-refractivity contribution in [3.05, 3.63) is 40.6 Å². The second kappa shape index (κ2) is 13.3. The van der Waals surface area contributed by atoms with Crippen LogP contribution in [0.3, 0.4) is 0 Å². The van der Waals surface area contributed by atoms with Gasteiger partial charge in [0.15, 0.2) is 6.23 Å². The van der Waals surface area contributed by atoms with E-state index in [0.29, 0.717) is 5.39 Å². The number of phosphoric ester groups is 1. The molecule has 39 heavy (non-hydrogen) atoms. The second-order valence-electron chi connectivity index (χ2n) is 7.75. The fraction of sp³-hybridized carbons (Fsp3) is 0.438. The maximum atomic E-state index is 14.4. The first-order valence-corrected chi connectivity index (χ1v) is 14.2. The number of aliphatic hydroxyl groups is 2. The third-order valence-corrected chi connectivity index (χ3v) is 8.71. The molecule has 0 radical (unpaired) electrons. The van der Waals surface area contributed by atoms with Crippen LogP contribution in [-0.2, 0) is 31.6 Å². The number of rotatable bonds is 9. The highest BCUT2D eigenvalue weighted by molar-refractivity contribution is 7.66. The number of benzene rings is 1. The standard InChI is InChI=1S/C16H22FN2O14P3.3H3N/c1-18(2)11-5-8-3-4-19(15(22)9(8)6-10(11)17)16-14(21)13(20)12(31-16)7-30-35(26,27)33-36(28,29)32-34(23,24)25;;;/h3-6,12-14,16,20-21H,7H2,1-2H3,(H,26,27)(H,28,29)(H2,23,24,25);3*1H3/t12-,13+,14+,16-;;;/m0.../s1. The van der Waals surface area contributed by atoms with E-state index >= 15 is 0 Å². The molecule has 1 aromatic carbocycles. The van der Waals surface area contributed by atoms with E-state index in [1.807, 2.05) is 0 Å². The molecule has 1 fully saturated rings. The van der Waals surface area contributed by atoms with Crippen molar-refractivity contribution in [2.24, 2.45) is 0 Å². The van der Waals surface area contributed by atoms with E-state index in [2.05, 4.69) is 13.1 Å². The number of aromatic nitrogens is 1. The molecule has 19 nitrogen and oxygen atoms in total. The fourth-order valence-electron chi connectivity index (χ4n) is 3.38. The van der Waals surface area contributed by atoms with Crippen molar-refractivity contribution >= 4 is 39.9 Å². The monoisotopic (exact) mass is 629 g/mol. The molecule has 1 aromatic heterocycles. The van der Waals surface area contributed by atoms with Crippen molar-refractivity contribution in [3.63, 3.8) is 0 Å². The van der Waals surface area contributed by atoms with Gasteiger partial charge in [0.25, 0.3) is 5.56 Å². The minimum atomic E-state index is -5.76. The van der Waals surface area contributed by atoms with Crippen molar-refractivity contribution in [2.75, 3.05) is 25.6 Å². The molecule has 1 aliphatic rings. The Labute approximate surface area is 219 Å². The molecule has 2 unspecified atom stereocenters. The lowest BCUT2D eigenvalue weighted by Crippen LogP contribution is -2.35. The van der Waals surface area contributed by atoms with Gasteiger partial charge in [-0.2, -0.15) is 8.62 Å². The van der Waals surface area contributed by atoms with Crippen molar-refractivity contribution in [1.82, 2.24) is 23.0 Å². The molecule has 226 valence electrons. The van der Waals surface area contributed by atoms with Gasteiger partial charge in [0, 0.05) is 20.3 Å². The van der Waals surface area contributed by atoms with Crippen LogP contribution in [-0.4, -0.2) is 73.4 Å². The highest BCUT2D eigenvalue weighted by Gasteiger charge is 2.46. The molecule has 0 aliphatic carbocycles. The average Bonchev–Trinajstić information content (AvgIpc) is 2.98. The Bertz CT molecular complexity index is 1360. The summed E-state index contributed by atoms with van der Waals surface area (Å²) in [6.45, 7) is -1.05. The fourth-order valence-corrected chi connectivity index (χ4v) is 6.41. The normalized spacial score (nSPS) is 24.0. The summed E-state index contributed by atoms with van der Waals surface area (Å²) in [5, 5.41) is 20.9. The predicted octanol–water partition coefficient (Wildman–Crippen LogP) is 0.655. The Morgan fingerprint density at radius 1 is 1.00 bits per heavy atom. The molecule has 0 amide bonds. The Hall–Kier alpha value is -1.67. The van der Waals surface area contributed by atoms with Crippen molar-refractivity contribution in [3.8, 4) is 0 Å². The summed E-state index contributed by atoms with van der Waals surface area (Å²) in [6.07, 6.45) is -5.51. The summed E-state index contributed by atoms with van der Waals surface area (Å²) in [4.78, 5) is 50.2. The van der Waals surface area contributed by atoms with Crippen LogP contribution in [0, 0.1) is 5.82 Å². The van der Waals surface area contributed by atoms with Crippen LogP contribution < -0.4 is 28.9 Å². The van der Waals surface area contributed by atoms with Gasteiger partial charge in [0.1, 0.15) is 24.1 Å². The molecule has 6 atom stereocenters. The van der Waals surface area contributed by atoms with E-state index in [9.17, 15) is 38.0 Å². The van der Waals surface area contributed by atoms with E-state index in [0.717, 1.165) is 10.6 Å². The molecule has 23 heteroatoms. The number of pyridine rings is 1. The van der Waals surface area contributed by atoms with Crippen LogP contribution in [0.5, 0.6) is 0 Å². The SMILES string of the molecule is CN(C)c1cc2ccn([C@H]3O[C@@H](COP(=O)(O)OP(=O)(O)OP(=O)(O)O)[C@@H](O)[C@H]3O)c(=O)c2cc1F.N.N.N. The molecular formula is C16H31FN5O14P3. The van der Waals surface area contributed by atoms with E-state index in [4.69, 9.17) is 19.4 Å². The number of fused-ring (bicyclic) bond motifs is 1. The number of nitrogens with zero attached hydrogens (tertiary/aromatic N) is 2. The summed E-state index contributed by atoms with van der Waals surface area (Å²) < 4.78 is 66.1. The number of halogens is 1. The number of hydrogen-bond acceptors (Lipinski definition) is 14. The third-order valence-electron chi connectivity index (χ3n) is 4.91. The van der Waals surface area contributed by atoms with Gasteiger partial charge in [-0.15, -0.1) is 0 Å². The van der Waals surface area contributed by atoms with Gasteiger partial charge >= 0.3 is 23.5 Å². The lowest BCUT2D eigenvalue weighted by molar-refractivity contribution is -0.0533. The molecule has 1 saturated heterocycles. The van der Waals surface area contributed by atoms with Crippen molar-refractivity contribution in [2.45, 2.75) is 24.5 Å². The Kier molecular flexibility index (Phi) is 12.8. The van der Waals surface area contributed by atoms with Crippen LogP contribution in [0.15, 0.2) is 29.2 Å². The van der Waals surface area contributed by atoms with Gasteiger partial charge in [0.2, 0.25) is 0 Å². The summed E-state index contributed by atoms with van der Waals surface area (Å²) in [5.41, 5.74) is -0.569. The molecule has 2 aromatic rings. The minimum Gasteiger partial charge on any atom is -0.387 e. The maximum absolute atomic E-state index is 14.4. The van der Waals surface area contributed by atoms with Crippen LogP contribution >= 0.6 is 23.5 Å². The molecular weight excluding hydrogens is 598 g/mol. The van der Waals surface area contributed by atoms with Crippen molar-refractivity contribution in [1.29, 1.82) is 0 Å². The first-order chi connectivity index (χ1) is 16.4. The van der Waals surface area contributed by atoms with E-state index in [1.165, 1.54) is 23.2 Å². The second-order valence-corrected chi connectivity index (χ2v) is 12.2. The highest BCUT2D eigenvalue weighted by Crippen LogP contribution is 2.66. The molecule has 2 heterocycles. The Morgan fingerprint density at radius 2 is 1.59 bits per heavy atom. The zero-order chi connectivity index (χ0) is 27.2. The highest BCUT2D eigenvalue weighted by atomic mass is 31.3. The molecule has 0 bridgehead atoms. The summed E-state index contributed by atoms with van der Waals surface area (Å²) in [5.74, 6) is -0.691. The predicted molar refractivity (Wildman–Crippen MR) is 133 cm³/mol. The number of ether oxygens (including phenoxy) is 1. The number of anilines is 1. The largest absolute Gasteiger partial charge is 0.490 e. The summed E-state index contributed by atoms with van der Waals surface area (Å²) >= 11 is 0. The van der Waals surface area contributed by atoms with Crippen LogP contribution in [0.1, 0.15) is 6.23 Å². The van der Waals surface area contributed by atoms with Crippen molar-refractivity contribution < 1.29 is 65.8 Å². The zero-order valence-electron chi connectivity index (χ0n) is 20.5. The first-order valence-electron chi connectivity index (χ1n) is 9.72. The van der Waals surface area contributed by atoms with E-state index < -0.39 is 66.0 Å². The Morgan fingerprint density at radius 3 is 2.13 bits per heavy atom. The van der Waals surface area contributed by atoms with Gasteiger partial charge in [-0.3, -0.25) is 13.9 Å². The van der Waals surface area contributed by atoms with Gasteiger partial charge in [0.05, 0.1) is 17.7 Å². The lowest BCUT2D eigenvalue weighted by atomic mass is 10.1. The molecule has 3 rings (SSSR count). The third kappa shape index (κ3) is 8.91. The molecule has 15 N–H and O–H groups in total. The number of phosphoric acid groups is 3. The van der Waals surface area contributed by atoms with Gasteiger partial charge in [-0.1, -0.05) is 0 Å². The summed E-state index contributed by atoms with van der Waals surface area (Å²) in [6, 6.07) is 3.86. The van der Waals surface area contributed by atoms with Crippen LogP contribution in [0.4, 0.5) is 10.1 Å². The number of aliphatic hydroxyl groups excluding tert-OH is 2. The molecule has 0 saturated carbocycles. The average molecular weight is 629 g/mol. The first kappa shape index (κ1) is 37.3.